The fraction of sp³-hybridized carbons (Fsp3) is 0.273. The molecule has 0 atom stereocenters. The number of nitrogens with one attached hydrogen (secondary N) is 1. The molecule has 15 heavy (non-hydrogen) atoms. The van der Waals surface area contributed by atoms with Crippen molar-refractivity contribution in [2.24, 2.45) is 0 Å². The molecule has 1 rings (SSSR count). The molecule has 0 radical (unpaired) electrons. The molecule has 0 saturated heterocycles. The first-order valence-corrected chi connectivity index (χ1v) is 4.61. The highest BCUT2D eigenvalue weighted by Crippen LogP contribution is 2.05. The quantitative estimate of drug-likeness (QED) is 0.809. The van der Waals surface area contributed by atoms with E-state index in [2.05, 4.69) is 5.32 Å². The van der Waals surface area contributed by atoms with Gasteiger partial charge in [-0.3, -0.25) is 4.79 Å². The topological polar surface area (TPSA) is 52.9 Å². The summed E-state index contributed by atoms with van der Waals surface area (Å²) in [5.74, 6) is -0.596. The third-order valence-corrected chi connectivity index (χ3v) is 1.91. The van der Waals surface area contributed by atoms with Gasteiger partial charge in [-0.25, -0.2) is 4.39 Å². The first kappa shape index (κ1) is 11.2. The van der Waals surface area contributed by atoms with Gasteiger partial charge in [0.25, 0.3) is 0 Å². The molecule has 4 heteroatoms. The molecule has 0 aliphatic carbocycles. The van der Waals surface area contributed by atoms with Crippen molar-refractivity contribution in [3.8, 4) is 6.07 Å². The van der Waals surface area contributed by atoms with Gasteiger partial charge in [0, 0.05) is 6.54 Å². The Morgan fingerprint density at radius 2 is 2.20 bits per heavy atom. The summed E-state index contributed by atoms with van der Waals surface area (Å²) in [6, 6.07) is 8.16. The van der Waals surface area contributed by atoms with E-state index in [4.69, 9.17) is 5.26 Å². The molecule has 0 bridgehead atoms. The first-order valence-electron chi connectivity index (χ1n) is 4.61. The lowest BCUT2D eigenvalue weighted by atomic mass is 10.1. The number of nitrogens with zero attached hydrogens (tertiary/aromatic N) is 1. The molecule has 0 unspecified atom stereocenters. The van der Waals surface area contributed by atoms with E-state index in [0.29, 0.717) is 18.5 Å². The second-order valence-electron chi connectivity index (χ2n) is 3.03. The van der Waals surface area contributed by atoms with Crippen LogP contribution in [0.5, 0.6) is 0 Å². The number of halogens is 1. The molecule has 1 N–H and O–H groups in total. The van der Waals surface area contributed by atoms with Crippen LogP contribution in [-0.4, -0.2) is 12.5 Å². The van der Waals surface area contributed by atoms with Crippen molar-refractivity contribution in [1.82, 2.24) is 5.32 Å². The summed E-state index contributed by atoms with van der Waals surface area (Å²) in [4.78, 5) is 10.9. The van der Waals surface area contributed by atoms with Crippen LogP contribution in [-0.2, 0) is 11.2 Å². The first-order chi connectivity index (χ1) is 7.24. The minimum absolute atomic E-state index is 0.155. The summed E-state index contributed by atoms with van der Waals surface area (Å²) < 4.78 is 13.1. The second kappa shape index (κ2) is 5.76. The number of rotatable bonds is 4. The van der Waals surface area contributed by atoms with Crippen LogP contribution in [0.15, 0.2) is 24.3 Å². The maximum atomic E-state index is 13.1. The van der Waals surface area contributed by atoms with E-state index in [1.54, 1.807) is 24.3 Å². The molecular weight excluding hydrogens is 195 g/mol. The highest BCUT2D eigenvalue weighted by Gasteiger charge is 2.02. The summed E-state index contributed by atoms with van der Waals surface area (Å²) in [6.45, 7) is 0.349. The van der Waals surface area contributed by atoms with Crippen LogP contribution in [0.4, 0.5) is 4.39 Å². The zero-order chi connectivity index (χ0) is 11.1. The van der Waals surface area contributed by atoms with E-state index in [0.717, 1.165) is 0 Å². The van der Waals surface area contributed by atoms with Gasteiger partial charge in [-0.15, -0.1) is 0 Å². The molecule has 3 nitrogen and oxygen atoms in total. The molecule has 0 fully saturated rings. The summed E-state index contributed by atoms with van der Waals surface area (Å²) in [7, 11) is 0. The van der Waals surface area contributed by atoms with Gasteiger partial charge in [-0.1, -0.05) is 18.2 Å². The molecule has 0 spiro atoms. The Kier molecular flexibility index (Phi) is 4.30. The molecular formula is C11H11FN2O. The average molecular weight is 206 g/mol. The normalized spacial score (nSPS) is 9.33. The van der Waals surface area contributed by atoms with Crippen LogP contribution < -0.4 is 5.32 Å². The maximum absolute atomic E-state index is 13.1. The van der Waals surface area contributed by atoms with Crippen LogP contribution in [0.3, 0.4) is 0 Å². The van der Waals surface area contributed by atoms with Crippen LogP contribution in [0, 0.1) is 17.1 Å². The van der Waals surface area contributed by atoms with Crippen molar-refractivity contribution in [3.05, 3.63) is 35.6 Å². The average Bonchev–Trinajstić information content (AvgIpc) is 2.21. The number of hydrogen-bond donors (Lipinski definition) is 1. The monoisotopic (exact) mass is 206 g/mol. The largest absolute Gasteiger partial charge is 0.355 e. The van der Waals surface area contributed by atoms with Crippen molar-refractivity contribution >= 4 is 5.91 Å². The fourth-order valence-corrected chi connectivity index (χ4v) is 1.17. The maximum Gasteiger partial charge on any atom is 0.234 e. The SMILES string of the molecule is N#CCC(=O)NCCc1ccccc1F. The van der Waals surface area contributed by atoms with Gasteiger partial charge in [-0.05, 0) is 18.1 Å². The van der Waals surface area contributed by atoms with Crippen LogP contribution >= 0.6 is 0 Å². The summed E-state index contributed by atoms with van der Waals surface area (Å²) in [5, 5.41) is 10.8. The van der Waals surface area contributed by atoms with E-state index in [1.165, 1.54) is 6.07 Å². The van der Waals surface area contributed by atoms with E-state index in [9.17, 15) is 9.18 Å². The molecule has 0 aliphatic rings. The van der Waals surface area contributed by atoms with Crippen LogP contribution in [0.1, 0.15) is 12.0 Å². The zero-order valence-corrected chi connectivity index (χ0v) is 8.16. The minimum Gasteiger partial charge on any atom is -0.355 e. The van der Waals surface area contributed by atoms with Gasteiger partial charge in [0.1, 0.15) is 12.2 Å². The van der Waals surface area contributed by atoms with Gasteiger partial charge in [0.2, 0.25) is 5.91 Å². The Morgan fingerprint density at radius 1 is 1.47 bits per heavy atom. The smallest absolute Gasteiger partial charge is 0.234 e. The van der Waals surface area contributed by atoms with E-state index in [-0.39, 0.29) is 18.1 Å². The van der Waals surface area contributed by atoms with Crippen molar-refractivity contribution in [2.75, 3.05) is 6.54 Å². The minimum atomic E-state index is -0.325. The molecule has 1 aromatic rings. The Bertz CT molecular complexity index is 384. The summed E-state index contributed by atoms with van der Waals surface area (Å²) >= 11 is 0. The molecule has 0 saturated carbocycles. The Labute approximate surface area is 87.5 Å². The van der Waals surface area contributed by atoms with Gasteiger partial charge in [0.15, 0.2) is 0 Å². The third-order valence-electron chi connectivity index (χ3n) is 1.91. The number of amides is 1. The lowest BCUT2D eigenvalue weighted by Crippen LogP contribution is -2.25. The lowest BCUT2D eigenvalue weighted by molar-refractivity contribution is -0.120. The zero-order valence-electron chi connectivity index (χ0n) is 8.16. The second-order valence-corrected chi connectivity index (χ2v) is 3.03. The van der Waals surface area contributed by atoms with Gasteiger partial charge in [-0.2, -0.15) is 5.26 Å². The van der Waals surface area contributed by atoms with E-state index in [1.807, 2.05) is 0 Å². The van der Waals surface area contributed by atoms with Crippen LogP contribution in [0.2, 0.25) is 0 Å². The number of carbonyl (C=O) groups excluding carboxylic acids is 1. The fourth-order valence-electron chi connectivity index (χ4n) is 1.17. The Hall–Kier alpha value is -1.89. The Balaban J connectivity index is 2.36. The predicted octanol–water partition coefficient (Wildman–Crippen LogP) is 1.40. The van der Waals surface area contributed by atoms with Crippen molar-refractivity contribution in [3.63, 3.8) is 0 Å². The van der Waals surface area contributed by atoms with Crippen molar-refractivity contribution < 1.29 is 9.18 Å². The van der Waals surface area contributed by atoms with Crippen molar-refractivity contribution in [2.45, 2.75) is 12.8 Å². The number of carbonyl (C=O) groups is 1. The van der Waals surface area contributed by atoms with E-state index < -0.39 is 0 Å². The summed E-state index contributed by atoms with van der Waals surface area (Å²) in [5.41, 5.74) is 0.565. The van der Waals surface area contributed by atoms with E-state index >= 15 is 0 Å². The number of hydrogen-bond acceptors (Lipinski definition) is 2. The van der Waals surface area contributed by atoms with Gasteiger partial charge in [0.05, 0.1) is 6.07 Å². The van der Waals surface area contributed by atoms with Crippen molar-refractivity contribution in [1.29, 1.82) is 5.26 Å². The molecule has 0 aliphatic heterocycles. The van der Waals surface area contributed by atoms with Gasteiger partial charge < -0.3 is 5.32 Å². The standard InChI is InChI=1S/C11H11FN2O/c12-10-4-2-1-3-9(10)6-8-14-11(15)5-7-13/h1-4H,5-6,8H2,(H,14,15). The molecule has 1 aromatic carbocycles. The highest BCUT2D eigenvalue weighted by molar-refractivity contribution is 5.77. The molecule has 1 amide bonds. The molecule has 0 aromatic heterocycles. The number of benzene rings is 1. The third kappa shape index (κ3) is 3.77. The van der Waals surface area contributed by atoms with Gasteiger partial charge >= 0.3 is 0 Å². The predicted molar refractivity (Wildman–Crippen MR) is 53.3 cm³/mol. The molecule has 78 valence electrons. The molecule has 0 heterocycles. The summed E-state index contributed by atoms with van der Waals surface area (Å²) in [6.07, 6.45) is 0.279. The lowest BCUT2D eigenvalue weighted by Gasteiger charge is -2.03. The number of nitriles is 1. The highest BCUT2D eigenvalue weighted by atomic mass is 19.1. The van der Waals surface area contributed by atoms with Crippen LogP contribution in [0.25, 0.3) is 0 Å². The Morgan fingerprint density at radius 3 is 2.87 bits per heavy atom.